The highest BCUT2D eigenvalue weighted by atomic mass is 14.5. The molecule has 0 bridgehead atoms. The zero-order valence-corrected chi connectivity index (χ0v) is 6.53. The van der Waals surface area contributed by atoms with Crippen molar-refractivity contribution in [1.29, 1.82) is 0 Å². The Morgan fingerprint density at radius 3 is 2.20 bits per heavy atom. The summed E-state index contributed by atoms with van der Waals surface area (Å²) in [6.45, 7) is 0.579. The second-order valence-electron chi connectivity index (χ2n) is 2.47. The lowest BCUT2D eigenvalue weighted by Crippen LogP contribution is -1.84. The Balaban J connectivity index is 2.72. The Bertz CT molecular complexity index is 91.4. The molecule has 0 saturated heterocycles. The zero-order valence-electron chi connectivity index (χ0n) is 6.53. The number of hydrogen-bond acceptors (Lipinski definition) is 0. The molecule has 0 aliphatic carbocycles. The summed E-state index contributed by atoms with van der Waals surface area (Å²) < 4.78 is 0. The number of terminal acetylenes is 1. The molecule has 0 aromatic carbocycles. The topological polar surface area (TPSA) is 23.8 Å². The zero-order chi connectivity index (χ0) is 7.66. The van der Waals surface area contributed by atoms with Crippen LogP contribution < -0.4 is 5.73 Å². The molecule has 0 amide bonds. The minimum absolute atomic E-state index is 0.579. The maximum atomic E-state index is 6.89. The Morgan fingerprint density at radius 1 is 1.00 bits per heavy atom. The van der Waals surface area contributed by atoms with E-state index in [0.717, 1.165) is 19.3 Å². The van der Waals surface area contributed by atoms with E-state index in [1.54, 1.807) is 0 Å². The summed E-state index contributed by atoms with van der Waals surface area (Å²) in [7, 11) is 0. The lowest BCUT2D eigenvalue weighted by molar-refractivity contribution is 0.622. The summed E-state index contributed by atoms with van der Waals surface area (Å²) in [6, 6.07) is 0. The van der Waals surface area contributed by atoms with E-state index in [0.29, 0.717) is 6.54 Å². The Kier molecular flexibility index (Phi) is 8.11. The van der Waals surface area contributed by atoms with Crippen LogP contribution in [-0.2, 0) is 0 Å². The Labute approximate surface area is 64.0 Å². The fourth-order valence-corrected chi connectivity index (χ4v) is 0.882. The third-order valence-corrected chi connectivity index (χ3v) is 1.50. The fraction of sp³-hybridized carbons (Fsp3) is 0.778. The summed E-state index contributed by atoms with van der Waals surface area (Å²) in [5.41, 5.74) is 6.89. The minimum atomic E-state index is 0.579. The molecule has 57 valence electrons. The van der Waals surface area contributed by atoms with Crippen LogP contribution in [0.15, 0.2) is 0 Å². The van der Waals surface area contributed by atoms with E-state index in [4.69, 9.17) is 12.2 Å². The van der Waals surface area contributed by atoms with Gasteiger partial charge in [-0.05, 0) is 12.8 Å². The van der Waals surface area contributed by atoms with Crippen LogP contribution in [0.1, 0.15) is 38.5 Å². The summed E-state index contributed by atoms with van der Waals surface area (Å²) in [5.74, 6) is 2.62. The Morgan fingerprint density at radius 2 is 1.60 bits per heavy atom. The maximum Gasteiger partial charge on any atom is 0.00997 e. The molecule has 0 unspecified atom stereocenters. The lowest BCUT2D eigenvalue weighted by Gasteiger charge is -1.95. The quantitative estimate of drug-likeness (QED) is 0.397. The summed E-state index contributed by atoms with van der Waals surface area (Å²) in [5, 5.41) is 0. The van der Waals surface area contributed by atoms with E-state index >= 15 is 0 Å². The van der Waals surface area contributed by atoms with Gasteiger partial charge in [-0.25, -0.2) is 0 Å². The van der Waals surface area contributed by atoms with E-state index in [2.05, 4.69) is 5.92 Å². The highest BCUT2D eigenvalue weighted by Crippen LogP contribution is 2.03. The van der Waals surface area contributed by atoms with Crippen LogP contribution in [-0.4, -0.2) is 6.54 Å². The molecular weight excluding hydrogens is 122 g/mol. The van der Waals surface area contributed by atoms with Crippen molar-refractivity contribution < 1.29 is 0 Å². The average Bonchev–Trinajstić information content (AvgIpc) is 1.97. The van der Waals surface area contributed by atoms with Crippen LogP contribution in [0.25, 0.3) is 0 Å². The SMILES string of the molecule is C#CCCCCCCC[NH]. The van der Waals surface area contributed by atoms with Crippen molar-refractivity contribution in [2.24, 2.45) is 0 Å². The van der Waals surface area contributed by atoms with Gasteiger partial charge in [-0.3, -0.25) is 5.73 Å². The number of nitrogens with one attached hydrogen (secondary N) is 1. The van der Waals surface area contributed by atoms with Crippen LogP contribution in [0, 0.1) is 12.3 Å². The van der Waals surface area contributed by atoms with E-state index in [9.17, 15) is 0 Å². The molecule has 10 heavy (non-hydrogen) atoms. The van der Waals surface area contributed by atoms with Crippen molar-refractivity contribution >= 4 is 0 Å². The third kappa shape index (κ3) is 7.52. The minimum Gasteiger partial charge on any atom is -0.258 e. The second-order valence-corrected chi connectivity index (χ2v) is 2.47. The van der Waals surface area contributed by atoms with Gasteiger partial charge < -0.3 is 0 Å². The molecule has 0 heterocycles. The van der Waals surface area contributed by atoms with Gasteiger partial charge in [-0.2, -0.15) is 0 Å². The molecule has 1 radical (unpaired) electrons. The van der Waals surface area contributed by atoms with Crippen molar-refractivity contribution in [3.8, 4) is 12.3 Å². The van der Waals surface area contributed by atoms with Gasteiger partial charge in [0.15, 0.2) is 0 Å². The van der Waals surface area contributed by atoms with Crippen molar-refractivity contribution in [3.05, 3.63) is 0 Å². The van der Waals surface area contributed by atoms with Crippen molar-refractivity contribution in [2.75, 3.05) is 6.54 Å². The van der Waals surface area contributed by atoms with Crippen LogP contribution in [0.2, 0.25) is 0 Å². The molecule has 0 aliphatic heterocycles. The molecule has 0 spiro atoms. The average molecular weight is 138 g/mol. The predicted molar refractivity (Wildman–Crippen MR) is 44.5 cm³/mol. The molecule has 0 aromatic heterocycles. The van der Waals surface area contributed by atoms with Crippen molar-refractivity contribution in [2.45, 2.75) is 38.5 Å². The largest absolute Gasteiger partial charge is 0.258 e. The predicted octanol–water partition coefficient (Wildman–Crippen LogP) is 2.24. The number of hydrogen-bond donors (Lipinski definition) is 0. The van der Waals surface area contributed by atoms with Crippen LogP contribution in [0.5, 0.6) is 0 Å². The van der Waals surface area contributed by atoms with Gasteiger partial charge in [0.2, 0.25) is 0 Å². The summed E-state index contributed by atoms with van der Waals surface area (Å²) in [4.78, 5) is 0. The number of rotatable bonds is 6. The van der Waals surface area contributed by atoms with E-state index in [-0.39, 0.29) is 0 Å². The molecular formula is C9H16N. The molecule has 0 aromatic rings. The first-order chi connectivity index (χ1) is 4.91. The molecule has 0 aliphatic rings. The van der Waals surface area contributed by atoms with E-state index in [1.165, 1.54) is 19.3 Å². The van der Waals surface area contributed by atoms with Gasteiger partial charge in [0, 0.05) is 13.0 Å². The molecule has 1 heteroatoms. The second kappa shape index (κ2) is 8.52. The first-order valence-electron chi connectivity index (χ1n) is 4.00. The molecule has 0 fully saturated rings. The summed E-state index contributed by atoms with van der Waals surface area (Å²) in [6.07, 6.45) is 11.9. The van der Waals surface area contributed by atoms with Crippen molar-refractivity contribution in [3.63, 3.8) is 0 Å². The highest BCUT2D eigenvalue weighted by Gasteiger charge is 1.87. The maximum absolute atomic E-state index is 6.89. The van der Waals surface area contributed by atoms with Gasteiger partial charge in [0.1, 0.15) is 0 Å². The molecule has 0 atom stereocenters. The third-order valence-electron chi connectivity index (χ3n) is 1.50. The van der Waals surface area contributed by atoms with Crippen molar-refractivity contribution in [1.82, 2.24) is 5.73 Å². The smallest absolute Gasteiger partial charge is 0.00997 e. The summed E-state index contributed by atoms with van der Waals surface area (Å²) >= 11 is 0. The first-order valence-corrected chi connectivity index (χ1v) is 4.00. The molecule has 1 nitrogen and oxygen atoms in total. The van der Waals surface area contributed by atoms with Gasteiger partial charge in [-0.15, -0.1) is 12.3 Å². The Hall–Kier alpha value is -0.480. The standard InChI is InChI=1S/C9H16N/c1-2-3-4-5-6-7-8-9-10/h1,10H,3-9H2. The van der Waals surface area contributed by atoms with Crippen LogP contribution in [0.4, 0.5) is 0 Å². The fourth-order valence-electron chi connectivity index (χ4n) is 0.882. The lowest BCUT2D eigenvalue weighted by atomic mass is 10.1. The molecule has 1 N–H and O–H groups in total. The first kappa shape index (κ1) is 9.52. The van der Waals surface area contributed by atoms with Gasteiger partial charge in [0.25, 0.3) is 0 Å². The molecule has 0 rings (SSSR count). The monoisotopic (exact) mass is 138 g/mol. The van der Waals surface area contributed by atoms with Crippen LogP contribution in [0.3, 0.4) is 0 Å². The van der Waals surface area contributed by atoms with Gasteiger partial charge in [-0.1, -0.05) is 19.3 Å². The van der Waals surface area contributed by atoms with Crippen LogP contribution >= 0.6 is 0 Å². The van der Waals surface area contributed by atoms with E-state index < -0.39 is 0 Å². The van der Waals surface area contributed by atoms with E-state index in [1.807, 2.05) is 0 Å². The normalized spacial score (nSPS) is 9.20. The number of unbranched alkanes of at least 4 members (excludes halogenated alkanes) is 5. The highest BCUT2D eigenvalue weighted by molar-refractivity contribution is 4.82. The molecule has 0 saturated carbocycles. The van der Waals surface area contributed by atoms with Gasteiger partial charge in [0.05, 0.1) is 0 Å². The van der Waals surface area contributed by atoms with Gasteiger partial charge >= 0.3 is 0 Å².